The molecule has 0 bridgehead atoms. The smallest absolute Gasteiger partial charge is 0.280 e. The van der Waals surface area contributed by atoms with E-state index in [-0.39, 0.29) is 11.5 Å². The number of unbranched alkanes of at least 4 members (excludes halogenated alkanes) is 2. The van der Waals surface area contributed by atoms with Crippen LogP contribution in [-0.2, 0) is 4.43 Å². The van der Waals surface area contributed by atoms with E-state index >= 15 is 0 Å². The Morgan fingerprint density at radius 2 is 1.62 bits per heavy atom. The Hall–Kier alpha value is -2.24. The molecule has 0 N–H and O–H groups in total. The molecule has 4 nitrogen and oxygen atoms in total. The number of hydrogen-bond donors (Lipinski definition) is 0. The molecule has 2 aromatic rings. The maximum atomic E-state index is 11.2. The summed E-state index contributed by atoms with van der Waals surface area (Å²) in [6, 6.07) is 20.0. The largest absolute Gasteiger partial charge is 0.395 e. The zero-order valence-corrected chi connectivity index (χ0v) is 16.3. The molecule has 0 aromatic heterocycles. The molecule has 0 aliphatic rings. The van der Waals surface area contributed by atoms with Crippen LogP contribution in [0.25, 0.3) is 0 Å². The topological polar surface area (TPSA) is 52.4 Å². The standard InChI is InChI=1S/C21H27NO3Si/c1-3-5-8-13-19(18-22(23)24)25-26(4-2,20-14-9-6-10-15-20)21-16-11-7-12-17-21/h4,6-7,9-12,14-17,19H,2-3,5,8,13,18H2,1H3. The van der Waals surface area contributed by atoms with Crippen LogP contribution in [-0.4, -0.2) is 25.9 Å². The molecule has 0 saturated heterocycles. The molecular weight excluding hydrogens is 342 g/mol. The molecule has 0 fully saturated rings. The van der Waals surface area contributed by atoms with Crippen molar-refractivity contribution in [1.29, 1.82) is 0 Å². The minimum absolute atomic E-state index is 0.175. The summed E-state index contributed by atoms with van der Waals surface area (Å²) >= 11 is 0. The van der Waals surface area contributed by atoms with Gasteiger partial charge in [0.15, 0.2) is 0 Å². The first-order valence-electron chi connectivity index (χ1n) is 9.16. The second-order valence-electron chi connectivity index (χ2n) is 6.42. The third kappa shape index (κ3) is 5.13. The second kappa shape index (κ2) is 10.0. The van der Waals surface area contributed by atoms with Crippen molar-refractivity contribution in [2.24, 2.45) is 0 Å². The predicted molar refractivity (Wildman–Crippen MR) is 109 cm³/mol. The van der Waals surface area contributed by atoms with Crippen molar-refractivity contribution in [3.05, 3.63) is 83.1 Å². The van der Waals surface area contributed by atoms with E-state index in [1.165, 1.54) is 0 Å². The van der Waals surface area contributed by atoms with Gasteiger partial charge in [0.25, 0.3) is 8.32 Å². The summed E-state index contributed by atoms with van der Waals surface area (Å²) in [4.78, 5) is 10.9. The number of nitro groups is 1. The van der Waals surface area contributed by atoms with Gasteiger partial charge in [-0.2, -0.15) is 0 Å². The van der Waals surface area contributed by atoms with Crippen LogP contribution in [0.2, 0.25) is 0 Å². The zero-order chi connectivity index (χ0) is 18.8. The first kappa shape index (κ1) is 20.1. The van der Waals surface area contributed by atoms with Crippen molar-refractivity contribution in [2.45, 2.75) is 38.7 Å². The van der Waals surface area contributed by atoms with Crippen molar-refractivity contribution in [3.8, 4) is 0 Å². The van der Waals surface area contributed by atoms with E-state index < -0.39 is 14.4 Å². The fourth-order valence-corrected chi connectivity index (χ4v) is 6.46. The van der Waals surface area contributed by atoms with Gasteiger partial charge >= 0.3 is 0 Å². The Balaban J connectivity index is 2.41. The molecule has 1 atom stereocenters. The monoisotopic (exact) mass is 369 g/mol. The highest BCUT2D eigenvalue weighted by atomic mass is 28.4. The van der Waals surface area contributed by atoms with Gasteiger partial charge in [0, 0.05) is 4.92 Å². The van der Waals surface area contributed by atoms with Crippen molar-refractivity contribution in [1.82, 2.24) is 0 Å². The van der Waals surface area contributed by atoms with E-state index in [1.807, 2.05) is 66.4 Å². The molecule has 1 unspecified atom stereocenters. The minimum atomic E-state index is -2.75. The van der Waals surface area contributed by atoms with Crippen molar-refractivity contribution in [2.75, 3.05) is 6.54 Å². The average Bonchev–Trinajstić information content (AvgIpc) is 2.67. The van der Waals surface area contributed by atoms with E-state index in [4.69, 9.17) is 4.43 Å². The average molecular weight is 370 g/mol. The van der Waals surface area contributed by atoms with Crippen molar-refractivity contribution >= 4 is 18.7 Å². The Labute approximate surface area is 156 Å². The summed E-state index contributed by atoms with van der Waals surface area (Å²) in [7, 11) is -2.75. The Bertz CT molecular complexity index is 651. The summed E-state index contributed by atoms with van der Waals surface area (Å²) in [5.74, 6) is 0. The Morgan fingerprint density at radius 3 is 2.04 bits per heavy atom. The second-order valence-corrected chi connectivity index (χ2v) is 9.69. The Morgan fingerprint density at radius 1 is 1.08 bits per heavy atom. The SMILES string of the molecule is C=C[Si](OC(CCCCC)C[N+](=O)[O-])(c1ccccc1)c1ccccc1. The molecular formula is C21H27NO3Si. The van der Waals surface area contributed by atoms with Crippen LogP contribution in [0, 0.1) is 10.1 Å². The number of hydrogen-bond acceptors (Lipinski definition) is 3. The van der Waals surface area contributed by atoms with Gasteiger partial charge in [0.2, 0.25) is 6.54 Å². The lowest BCUT2D eigenvalue weighted by atomic mass is 10.1. The highest BCUT2D eigenvalue weighted by Crippen LogP contribution is 2.16. The highest BCUT2D eigenvalue weighted by molar-refractivity contribution is 7.01. The lowest BCUT2D eigenvalue weighted by Crippen LogP contribution is -2.61. The zero-order valence-electron chi connectivity index (χ0n) is 15.3. The molecule has 0 amide bonds. The van der Waals surface area contributed by atoms with Crippen molar-refractivity contribution < 1.29 is 9.35 Å². The van der Waals surface area contributed by atoms with E-state index in [1.54, 1.807) is 0 Å². The maximum Gasteiger partial charge on any atom is 0.280 e. The van der Waals surface area contributed by atoms with Gasteiger partial charge in [-0.15, -0.1) is 6.58 Å². The quantitative estimate of drug-likeness (QED) is 0.263. The van der Waals surface area contributed by atoms with Crippen LogP contribution in [0.1, 0.15) is 32.6 Å². The third-order valence-electron chi connectivity index (χ3n) is 4.53. The normalized spacial score (nSPS) is 12.5. The highest BCUT2D eigenvalue weighted by Gasteiger charge is 2.39. The Kier molecular flexibility index (Phi) is 7.75. The molecule has 0 radical (unpaired) electrons. The van der Waals surface area contributed by atoms with Gasteiger partial charge in [0.1, 0.15) is 6.10 Å². The van der Waals surface area contributed by atoms with Gasteiger partial charge in [-0.1, -0.05) is 92.5 Å². The molecule has 5 heteroatoms. The number of nitrogens with zero attached hydrogens (tertiary/aromatic N) is 1. The molecule has 2 rings (SSSR count). The van der Waals surface area contributed by atoms with Gasteiger partial charge < -0.3 is 4.43 Å². The maximum absolute atomic E-state index is 11.2. The van der Waals surface area contributed by atoms with Gasteiger partial charge in [-0.25, -0.2) is 0 Å². The van der Waals surface area contributed by atoms with Crippen LogP contribution < -0.4 is 10.4 Å². The third-order valence-corrected chi connectivity index (χ3v) is 8.19. The molecule has 26 heavy (non-hydrogen) atoms. The summed E-state index contributed by atoms with van der Waals surface area (Å²) in [5.41, 5.74) is 1.89. The van der Waals surface area contributed by atoms with E-state index in [2.05, 4.69) is 13.5 Å². The summed E-state index contributed by atoms with van der Waals surface area (Å²) < 4.78 is 6.60. The molecule has 0 saturated carbocycles. The number of benzene rings is 2. The molecule has 0 heterocycles. The van der Waals surface area contributed by atoms with Crippen molar-refractivity contribution in [3.63, 3.8) is 0 Å². The van der Waals surface area contributed by atoms with E-state index in [0.717, 1.165) is 29.6 Å². The van der Waals surface area contributed by atoms with Crippen LogP contribution in [0.3, 0.4) is 0 Å². The van der Waals surface area contributed by atoms with Gasteiger partial charge in [-0.05, 0) is 16.8 Å². The van der Waals surface area contributed by atoms with Gasteiger partial charge in [-0.3, -0.25) is 10.1 Å². The van der Waals surface area contributed by atoms with Crippen LogP contribution in [0.15, 0.2) is 72.9 Å². The molecule has 0 aliphatic heterocycles. The summed E-state index contributed by atoms with van der Waals surface area (Å²) in [6.07, 6.45) is 3.34. The fraction of sp³-hybridized carbons (Fsp3) is 0.333. The van der Waals surface area contributed by atoms with E-state index in [9.17, 15) is 10.1 Å². The minimum Gasteiger partial charge on any atom is -0.395 e. The number of rotatable bonds is 11. The summed E-state index contributed by atoms with van der Waals surface area (Å²) in [6.45, 7) is 6.03. The van der Waals surface area contributed by atoms with E-state index in [0.29, 0.717) is 6.42 Å². The van der Waals surface area contributed by atoms with Gasteiger partial charge in [0.05, 0.1) is 0 Å². The molecule has 0 aliphatic carbocycles. The first-order chi connectivity index (χ1) is 12.6. The first-order valence-corrected chi connectivity index (χ1v) is 11.1. The molecule has 0 spiro atoms. The lowest BCUT2D eigenvalue weighted by molar-refractivity contribution is -0.489. The molecule has 138 valence electrons. The predicted octanol–water partition coefficient (Wildman–Crippen LogP) is 3.71. The van der Waals surface area contributed by atoms with Crippen LogP contribution in [0.4, 0.5) is 0 Å². The van der Waals surface area contributed by atoms with Crippen LogP contribution in [0.5, 0.6) is 0 Å². The fourth-order valence-electron chi connectivity index (χ4n) is 3.20. The summed E-state index contributed by atoms with van der Waals surface area (Å²) in [5, 5.41) is 13.3. The lowest BCUT2D eigenvalue weighted by Gasteiger charge is -2.32. The van der Waals surface area contributed by atoms with Crippen LogP contribution >= 0.6 is 0 Å². The molecule has 2 aromatic carbocycles.